The van der Waals surface area contributed by atoms with Crippen molar-refractivity contribution in [2.75, 3.05) is 37.6 Å². The van der Waals surface area contributed by atoms with Gasteiger partial charge in [0.2, 0.25) is 10.0 Å². The van der Waals surface area contributed by atoms with Gasteiger partial charge in [-0.25, -0.2) is 8.42 Å². The predicted octanol–water partition coefficient (Wildman–Crippen LogP) is 4.07. The molecule has 2 aliphatic rings. The third kappa shape index (κ3) is 4.37. The second kappa shape index (κ2) is 9.17. The standard InChI is InChI=1S/C26H29N3O3S2/c1-19-17-25(20(2)33-19)34(31,32)29-15-13-27(14-16-29)26(30)22-7-9-24(10-8-22)28-12-11-21-5-3-4-6-23(21)18-28/h3-10,17H,11-16,18H2,1-2H3. The highest BCUT2D eigenvalue weighted by atomic mass is 32.2. The average molecular weight is 496 g/mol. The van der Waals surface area contributed by atoms with E-state index in [0.717, 1.165) is 35.0 Å². The van der Waals surface area contributed by atoms with Crippen molar-refractivity contribution in [1.82, 2.24) is 9.21 Å². The van der Waals surface area contributed by atoms with E-state index in [1.165, 1.54) is 26.8 Å². The Morgan fingerprint density at radius 2 is 1.56 bits per heavy atom. The van der Waals surface area contributed by atoms with Gasteiger partial charge in [0.05, 0.1) is 4.90 Å². The molecule has 0 aliphatic carbocycles. The van der Waals surface area contributed by atoms with E-state index in [9.17, 15) is 13.2 Å². The molecule has 2 aliphatic heterocycles. The summed E-state index contributed by atoms with van der Waals surface area (Å²) in [5.74, 6) is -0.0462. The van der Waals surface area contributed by atoms with Crippen LogP contribution in [-0.4, -0.2) is 56.3 Å². The zero-order chi connectivity index (χ0) is 23.9. The lowest BCUT2D eigenvalue weighted by Gasteiger charge is -2.34. The van der Waals surface area contributed by atoms with Gasteiger partial charge >= 0.3 is 0 Å². The molecule has 3 aromatic rings. The van der Waals surface area contributed by atoms with E-state index in [1.54, 1.807) is 11.0 Å². The smallest absolute Gasteiger partial charge is 0.253 e. The first kappa shape index (κ1) is 23.1. The summed E-state index contributed by atoms with van der Waals surface area (Å²) in [6.45, 7) is 7.02. The van der Waals surface area contributed by atoms with Crippen molar-refractivity contribution in [3.8, 4) is 0 Å². The van der Waals surface area contributed by atoms with Gasteiger partial charge in [-0.2, -0.15) is 4.31 Å². The van der Waals surface area contributed by atoms with Crippen molar-refractivity contribution in [3.05, 3.63) is 81.0 Å². The van der Waals surface area contributed by atoms with Crippen molar-refractivity contribution < 1.29 is 13.2 Å². The average Bonchev–Trinajstić information content (AvgIpc) is 3.22. The van der Waals surface area contributed by atoms with Crippen LogP contribution < -0.4 is 4.90 Å². The number of hydrogen-bond donors (Lipinski definition) is 0. The zero-order valence-electron chi connectivity index (χ0n) is 19.5. The summed E-state index contributed by atoms with van der Waals surface area (Å²) in [5.41, 5.74) is 4.52. The van der Waals surface area contributed by atoms with Gasteiger partial charge in [0.1, 0.15) is 0 Å². The molecule has 178 valence electrons. The lowest BCUT2D eigenvalue weighted by atomic mass is 9.99. The molecule has 3 heterocycles. The fraction of sp³-hybridized carbons (Fsp3) is 0.346. The number of nitrogens with zero attached hydrogens (tertiary/aromatic N) is 3. The van der Waals surface area contributed by atoms with Crippen LogP contribution in [-0.2, 0) is 23.0 Å². The Hall–Kier alpha value is -2.68. The van der Waals surface area contributed by atoms with Crippen LogP contribution in [0.1, 0.15) is 31.2 Å². The number of amides is 1. The topological polar surface area (TPSA) is 60.9 Å². The lowest BCUT2D eigenvalue weighted by Crippen LogP contribution is -2.50. The van der Waals surface area contributed by atoms with Crippen LogP contribution in [0.15, 0.2) is 59.5 Å². The van der Waals surface area contributed by atoms with Gasteiger partial charge in [-0.1, -0.05) is 24.3 Å². The Labute approximate surface area is 205 Å². The van der Waals surface area contributed by atoms with Crippen LogP contribution in [0.25, 0.3) is 0 Å². The first-order valence-electron chi connectivity index (χ1n) is 11.6. The Bertz CT molecular complexity index is 1310. The monoisotopic (exact) mass is 495 g/mol. The SMILES string of the molecule is Cc1cc(S(=O)(=O)N2CCN(C(=O)c3ccc(N4CCc5ccccc5C4)cc3)CC2)c(C)s1. The summed E-state index contributed by atoms with van der Waals surface area (Å²) >= 11 is 1.50. The fourth-order valence-corrected chi connectivity index (χ4v) is 7.79. The van der Waals surface area contributed by atoms with Crippen LogP contribution in [0.5, 0.6) is 0 Å². The number of carbonyl (C=O) groups is 1. The quantitative estimate of drug-likeness (QED) is 0.547. The van der Waals surface area contributed by atoms with Crippen LogP contribution in [0, 0.1) is 13.8 Å². The van der Waals surface area contributed by atoms with E-state index in [2.05, 4.69) is 29.2 Å². The maximum absolute atomic E-state index is 13.1. The minimum absolute atomic E-state index is 0.0462. The number of aryl methyl sites for hydroxylation is 2. The molecular weight excluding hydrogens is 466 g/mol. The minimum atomic E-state index is -3.52. The highest BCUT2D eigenvalue weighted by Gasteiger charge is 2.32. The molecule has 2 aromatic carbocycles. The highest BCUT2D eigenvalue weighted by Crippen LogP contribution is 2.29. The Morgan fingerprint density at radius 3 is 2.21 bits per heavy atom. The summed E-state index contributed by atoms with van der Waals surface area (Å²) in [6.07, 6.45) is 1.02. The zero-order valence-corrected chi connectivity index (χ0v) is 21.2. The molecule has 1 amide bonds. The Kier molecular flexibility index (Phi) is 6.22. The van der Waals surface area contributed by atoms with Gasteiger partial charge < -0.3 is 9.80 Å². The van der Waals surface area contributed by atoms with Crippen molar-refractivity contribution in [2.45, 2.75) is 31.7 Å². The number of piperazine rings is 1. The summed E-state index contributed by atoms with van der Waals surface area (Å²) in [7, 11) is -3.52. The third-order valence-electron chi connectivity index (χ3n) is 6.75. The molecule has 0 spiro atoms. The highest BCUT2D eigenvalue weighted by molar-refractivity contribution is 7.89. The van der Waals surface area contributed by atoms with Crippen LogP contribution in [0.2, 0.25) is 0 Å². The molecule has 5 rings (SSSR count). The number of anilines is 1. The Balaban J connectivity index is 1.22. The number of rotatable bonds is 4. The van der Waals surface area contributed by atoms with E-state index in [1.807, 2.05) is 38.1 Å². The first-order chi connectivity index (χ1) is 16.3. The summed E-state index contributed by atoms with van der Waals surface area (Å²) in [5, 5.41) is 0. The molecule has 0 N–H and O–H groups in total. The van der Waals surface area contributed by atoms with Crippen molar-refractivity contribution in [1.29, 1.82) is 0 Å². The van der Waals surface area contributed by atoms with E-state index in [4.69, 9.17) is 0 Å². The molecule has 6 nitrogen and oxygen atoms in total. The van der Waals surface area contributed by atoms with E-state index in [0.29, 0.717) is 36.6 Å². The molecule has 0 bridgehead atoms. The minimum Gasteiger partial charge on any atom is -0.367 e. The molecule has 0 atom stereocenters. The van der Waals surface area contributed by atoms with Gasteiger partial charge in [-0.3, -0.25) is 4.79 Å². The second-order valence-electron chi connectivity index (χ2n) is 8.96. The van der Waals surface area contributed by atoms with Gasteiger partial charge in [0.25, 0.3) is 5.91 Å². The molecule has 1 aromatic heterocycles. The fourth-order valence-electron chi connectivity index (χ4n) is 4.85. The summed E-state index contributed by atoms with van der Waals surface area (Å²) < 4.78 is 27.6. The third-order valence-corrected chi connectivity index (χ3v) is 9.87. The largest absolute Gasteiger partial charge is 0.367 e. The number of carbonyl (C=O) groups excluding carboxylic acids is 1. The maximum atomic E-state index is 13.1. The molecule has 0 radical (unpaired) electrons. The number of thiophene rings is 1. The summed E-state index contributed by atoms with van der Waals surface area (Å²) in [6, 6.07) is 18.1. The van der Waals surface area contributed by atoms with Crippen LogP contribution in [0.3, 0.4) is 0 Å². The molecular formula is C26H29N3O3S2. The van der Waals surface area contributed by atoms with Gasteiger partial charge in [-0.15, -0.1) is 11.3 Å². The number of fused-ring (bicyclic) bond motifs is 1. The first-order valence-corrected chi connectivity index (χ1v) is 13.9. The van der Waals surface area contributed by atoms with Crippen LogP contribution in [0.4, 0.5) is 5.69 Å². The predicted molar refractivity (Wildman–Crippen MR) is 136 cm³/mol. The maximum Gasteiger partial charge on any atom is 0.253 e. The van der Waals surface area contributed by atoms with E-state index < -0.39 is 10.0 Å². The van der Waals surface area contributed by atoms with Gasteiger partial charge in [0.15, 0.2) is 0 Å². The van der Waals surface area contributed by atoms with Crippen molar-refractivity contribution in [2.24, 2.45) is 0 Å². The van der Waals surface area contributed by atoms with Crippen molar-refractivity contribution >= 4 is 33.0 Å². The van der Waals surface area contributed by atoms with Gasteiger partial charge in [-0.05, 0) is 61.7 Å². The second-order valence-corrected chi connectivity index (χ2v) is 12.3. The molecule has 1 fully saturated rings. The number of benzene rings is 2. The molecule has 8 heteroatoms. The van der Waals surface area contributed by atoms with E-state index in [-0.39, 0.29) is 5.91 Å². The molecule has 0 unspecified atom stereocenters. The normalized spacial score (nSPS) is 17.0. The van der Waals surface area contributed by atoms with Crippen LogP contribution >= 0.6 is 11.3 Å². The number of hydrogen-bond acceptors (Lipinski definition) is 5. The Morgan fingerprint density at radius 1 is 0.882 bits per heavy atom. The molecule has 34 heavy (non-hydrogen) atoms. The van der Waals surface area contributed by atoms with E-state index >= 15 is 0 Å². The molecule has 1 saturated heterocycles. The number of sulfonamides is 1. The van der Waals surface area contributed by atoms with Crippen molar-refractivity contribution in [3.63, 3.8) is 0 Å². The van der Waals surface area contributed by atoms with Gasteiger partial charge in [0, 0.05) is 60.3 Å². The molecule has 0 saturated carbocycles. The lowest BCUT2D eigenvalue weighted by molar-refractivity contribution is 0.0698. The summed E-state index contributed by atoms with van der Waals surface area (Å²) in [4.78, 5) is 19.4.